The number of hydrogen-bond donors (Lipinski definition) is 1. The summed E-state index contributed by atoms with van der Waals surface area (Å²) in [4.78, 5) is 15.4. The number of aryl methyl sites for hydroxylation is 1. The Labute approximate surface area is 118 Å². The lowest BCUT2D eigenvalue weighted by atomic mass is 10.0. The standard InChI is InChI=1S/C14H20N4O2/c1-11-2-3-13(18(19)20)14(8-11)17-9-12(10-17)16-6-4-15-5-7-16/h2-3,8,12,15H,4-7,9-10H2,1H3. The van der Waals surface area contributed by atoms with Crippen molar-refractivity contribution in [3.8, 4) is 0 Å². The first kappa shape index (κ1) is 13.3. The van der Waals surface area contributed by atoms with Gasteiger partial charge in [0.15, 0.2) is 0 Å². The van der Waals surface area contributed by atoms with Crippen LogP contribution in [0, 0.1) is 17.0 Å². The number of nitrogens with one attached hydrogen (secondary N) is 1. The van der Waals surface area contributed by atoms with E-state index in [1.54, 1.807) is 12.1 Å². The number of nitrogens with zero attached hydrogens (tertiary/aromatic N) is 3. The van der Waals surface area contributed by atoms with Gasteiger partial charge in [0, 0.05) is 51.4 Å². The number of hydrogen-bond acceptors (Lipinski definition) is 5. The fourth-order valence-corrected chi connectivity index (χ4v) is 2.97. The second-order valence-electron chi connectivity index (χ2n) is 5.59. The van der Waals surface area contributed by atoms with E-state index in [4.69, 9.17) is 0 Å². The van der Waals surface area contributed by atoms with Crippen LogP contribution in [0.25, 0.3) is 0 Å². The zero-order chi connectivity index (χ0) is 14.1. The molecule has 3 rings (SSSR count). The summed E-state index contributed by atoms with van der Waals surface area (Å²) in [6.07, 6.45) is 0. The number of benzene rings is 1. The van der Waals surface area contributed by atoms with Crippen LogP contribution in [0.4, 0.5) is 11.4 Å². The molecule has 1 N–H and O–H groups in total. The van der Waals surface area contributed by atoms with Crippen LogP contribution in [0.5, 0.6) is 0 Å². The fraction of sp³-hybridized carbons (Fsp3) is 0.571. The second-order valence-corrected chi connectivity index (χ2v) is 5.59. The lowest BCUT2D eigenvalue weighted by Gasteiger charge is -2.47. The van der Waals surface area contributed by atoms with E-state index in [0.29, 0.717) is 6.04 Å². The molecular formula is C14H20N4O2. The van der Waals surface area contributed by atoms with Crippen molar-refractivity contribution >= 4 is 11.4 Å². The van der Waals surface area contributed by atoms with Crippen molar-refractivity contribution in [3.05, 3.63) is 33.9 Å². The summed E-state index contributed by atoms with van der Waals surface area (Å²) in [5, 5.41) is 14.5. The zero-order valence-electron chi connectivity index (χ0n) is 11.7. The van der Waals surface area contributed by atoms with Gasteiger partial charge in [-0.05, 0) is 18.6 Å². The SMILES string of the molecule is Cc1ccc([N+](=O)[O-])c(N2CC(N3CCNCC3)C2)c1. The normalized spacial score (nSPS) is 20.8. The molecule has 0 unspecified atom stereocenters. The van der Waals surface area contributed by atoms with Crippen molar-refractivity contribution in [1.82, 2.24) is 10.2 Å². The van der Waals surface area contributed by atoms with Gasteiger partial charge in [-0.25, -0.2) is 0 Å². The molecule has 0 bridgehead atoms. The molecule has 2 fully saturated rings. The highest BCUT2D eigenvalue weighted by Crippen LogP contribution is 2.33. The summed E-state index contributed by atoms with van der Waals surface area (Å²) >= 11 is 0. The Balaban J connectivity index is 1.70. The zero-order valence-corrected chi connectivity index (χ0v) is 11.7. The average molecular weight is 276 g/mol. The minimum atomic E-state index is -0.285. The molecule has 20 heavy (non-hydrogen) atoms. The van der Waals surface area contributed by atoms with Gasteiger partial charge in [0.25, 0.3) is 5.69 Å². The summed E-state index contributed by atoms with van der Waals surface area (Å²) in [5.41, 5.74) is 2.05. The van der Waals surface area contributed by atoms with Crippen LogP contribution in [0.1, 0.15) is 5.56 Å². The molecule has 6 heteroatoms. The highest BCUT2D eigenvalue weighted by Gasteiger charge is 2.35. The Hall–Kier alpha value is -1.66. The van der Waals surface area contributed by atoms with Gasteiger partial charge >= 0.3 is 0 Å². The summed E-state index contributed by atoms with van der Waals surface area (Å²) in [7, 11) is 0. The molecule has 0 aromatic heterocycles. The number of rotatable bonds is 3. The van der Waals surface area contributed by atoms with Crippen molar-refractivity contribution in [1.29, 1.82) is 0 Å². The average Bonchev–Trinajstić information content (AvgIpc) is 2.38. The smallest absolute Gasteiger partial charge is 0.292 e. The number of nitro benzene ring substituents is 1. The monoisotopic (exact) mass is 276 g/mol. The van der Waals surface area contributed by atoms with Crippen LogP contribution in [0.15, 0.2) is 18.2 Å². The molecule has 0 radical (unpaired) electrons. The third-order valence-corrected chi connectivity index (χ3v) is 4.20. The maximum atomic E-state index is 11.1. The second kappa shape index (κ2) is 5.38. The van der Waals surface area contributed by atoms with Crippen LogP contribution in [-0.4, -0.2) is 55.1 Å². The minimum absolute atomic E-state index is 0.217. The fourth-order valence-electron chi connectivity index (χ4n) is 2.97. The van der Waals surface area contributed by atoms with Crippen molar-refractivity contribution in [2.45, 2.75) is 13.0 Å². The van der Waals surface area contributed by atoms with E-state index in [-0.39, 0.29) is 10.6 Å². The van der Waals surface area contributed by atoms with Crippen molar-refractivity contribution in [2.75, 3.05) is 44.2 Å². The first-order valence-electron chi connectivity index (χ1n) is 7.10. The van der Waals surface area contributed by atoms with Gasteiger partial charge in [0.05, 0.1) is 4.92 Å². The molecule has 2 aliphatic heterocycles. The minimum Gasteiger partial charge on any atom is -0.363 e. The van der Waals surface area contributed by atoms with Crippen LogP contribution in [-0.2, 0) is 0 Å². The summed E-state index contributed by atoms with van der Waals surface area (Å²) in [5.74, 6) is 0. The van der Waals surface area contributed by atoms with Crippen LogP contribution in [0.3, 0.4) is 0 Å². The predicted molar refractivity (Wildman–Crippen MR) is 78.3 cm³/mol. The summed E-state index contributed by atoms with van der Waals surface area (Å²) < 4.78 is 0. The Kier molecular flexibility index (Phi) is 3.58. The van der Waals surface area contributed by atoms with E-state index in [0.717, 1.165) is 50.5 Å². The quantitative estimate of drug-likeness (QED) is 0.659. The molecule has 6 nitrogen and oxygen atoms in total. The van der Waals surface area contributed by atoms with Crippen molar-refractivity contribution < 1.29 is 4.92 Å². The van der Waals surface area contributed by atoms with Crippen LogP contribution in [0.2, 0.25) is 0 Å². The third kappa shape index (κ3) is 2.48. The van der Waals surface area contributed by atoms with Gasteiger partial charge in [0.2, 0.25) is 0 Å². The van der Waals surface area contributed by atoms with E-state index < -0.39 is 0 Å². The molecule has 0 amide bonds. The first-order chi connectivity index (χ1) is 9.65. The number of anilines is 1. The largest absolute Gasteiger partial charge is 0.363 e. The molecule has 1 aromatic carbocycles. The summed E-state index contributed by atoms with van der Waals surface area (Å²) in [6, 6.07) is 5.88. The number of piperazine rings is 1. The molecule has 2 saturated heterocycles. The Bertz CT molecular complexity index is 508. The molecule has 2 aliphatic rings. The molecule has 0 atom stereocenters. The van der Waals surface area contributed by atoms with Crippen LogP contribution >= 0.6 is 0 Å². The Morgan fingerprint density at radius 1 is 1.30 bits per heavy atom. The first-order valence-corrected chi connectivity index (χ1v) is 7.10. The maximum Gasteiger partial charge on any atom is 0.292 e. The molecule has 1 aromatic rings. The van der Waals surface area contributed by atoms with E-state index in [9.17, 15) is 10.1 Å². The van der Waals surface area contributed by atoms with Gasteiger partial charge in [-0.1, -0.05) is 6.07 Å². The maximum absolute atomic E-state index is 11.1. The molecule has 0 aliphatic carbocycles. The lowest BCUT2D eigenvalue weighted by Crippen LogP contribution is -2.63. The van der Waals surface area contributed by atoms with E-state index >= 15 is 0 Å². The van der Waals surface area contributed by atoms with E-state index in [1.165, 1.54) is 0 Å². The Morgan fingerprint density at radius 3 is 2.65 bits per heavy atom. The van der Waals surface area contributed by atoms with Gasteiger partial charge in [-0.15, -0.1) is 0 Å². The molecule has 0 spiro atoms. The van der Waals surface area contributed by atoms with E-state index in [1.807, 2.05) is 13.0 Å². The molecule has 2 heterocycles. The Morgan fingerprint density at radius 2 is 2.00 bits per heavy atom. The highest BCUT2D eigenvalue weighted by atomic mass is 16.6. The van der Waals surface area contributed by atoms with Crippen molar-refractivity contribution in [2.24, 2.45) is 0 Å². The molecule has 0 saturated carbocycles. The van der Waals surface area contributed by atoms with Gasteiger partial charge in [0.1, 0.15) is 5.69 Å². The van der Waals surface area contributed by atoms with Crippen LogP contribution < -0.4 is 10.2 Å². The van der Waals surface area contributed by atoms with Crippen molar-refractivity contribution in [3.63, 3.8) is 0 Å². The van der Waals surface area contributed by atoms with Gasteiger partial charge in [-0.2, -0.15) is 0 Å². The highest BCUT2D eigenvalue weighted by molar-refractivity contribution is 5.66. The predicted octanol–water partition coefficient (Wildman–Crippen LogP) is 0.997. The third-order valence-electron chi connectivity index (χ3n) is 4.20. The summed E-state index contributed by atoms with van der Waals surface area (Å²) in [6.45, 7) is 8.00. The lowest BCUT2D eigenvalue weighted by molar-refractivity contribution is -0.384. The van der Waals surface area contributed by atoms with E-state index in [2.05, 4.69) is 15.1 Å². The van der Waals surface area contributed by atoms with Gasteiger partial charge < -0.3 is 10.2 Å². The molecule has 108 valence electrons. The molecular weight excluding hydrogens is 256 g/mol. The number of nitro groups is 1. The van der Waals surface area contributed by atoms with Gasteiger partial charge in [-0.3, -0.25) is 15.0 Å². The topological polar surface area (TPSA) is 61.7 Å².